The normalized spacial score (nSPS) is 17.5. The van der Waals surface area contributed by atoms with Gasteiger partial charge in [0.15, 0.2) is 0 Å². The fourth-order valence-electron chi connectivity index (χ4n) is 4.05. The Bertz CT molecular complexity index is 975. The van der Waals surface area contributed by atoms with E-state index in [4.69, 9.17) is 11.5 Å². The van der Waals surface area contributed by atoms with Gasteiger partial charge in [-0.2, -0.15) is 11.8 Å². The number of likely N-dealkylation sites (tertiary alicyclic amines) is 1. The Morgan fingerprint density at radius 1 is 1.11 bits per heavy atom. The van der Waals surface area contributed by atoms with Gasteiger partial charge in [-0.1, -0.05) is 12.1 Å². The van der Waals surface area contributed by atoms with E-state index in [1.807, 2.05) is 6.26 Å². The number of carbonyl (C=O) groups is 5. The van der Waals surface area contributed by atoms with E-state index in [9.17, 15) is 34.2 Å². The number of carbonyl (C=O) groups excluding carboxylic acids is 4. The average molecular weight is 538 g/mol. The molecule has 1 aromatic carbocycles. The monoisotopic (exact) mass is 537 g/mol. The molecule has 4 unspecified atom stereocenters. The lowest BCUT2D eigenvalue weighted by atomic mass is 10.0. The summed E-state index contributed by atoms with van der Waals surface area (Å²) in [4.78, 5) is 63.1. The van der Waals surface area contributed by atoms with Crippen molar-refractivity contribution in [3.63, 3.8) is 0 Å². The molecule has 1 aliphatic rings. The number of amides is 4. The van der Waals surface area contributed by atoms with E-state index in [1.54, 1.807) is 12.1 Å². The molecule has 4 atom stereocenters. The zero-order chi connectivity index (χ0) is 27.5. The number of primary amides is 1. The van der Waals surface area contributed by atoms with Gasteiger partial charge in [-0.3, -0.25) is 19.2 Å². The summed E-state index contributed by atoms with van der Waals surface area (Å²) in [7, 11) is 0. The molecule has 1 aliphatic heterocycles. The van der Waals surface area contributed by atoms with Gasteiger partial charge in [-0.15, -0.1) is 0 Å². The number of nitrogens with zero attached hydrogens (tertiary/aromatic N) is 1. The molecule has 0 radical (unpaired) electrons. The van der Waals surface area contributed by atoms with E-state index >= 15 is 0 Å². The maximum atomic E-state index is 13.1. The first kappa shape index (κ1) is 29.9. The van der Waals surface area contributed by atoms with E-state index < -0.39 is 53.8 Å². The van der Waals surface area contributed by atoms with Crippen molar-refractivity contribution >= 4 is 41.4 Å². The van der Waals surface area contributed by atoms with Gasteiger partial charge >= 0.3 is 5.97 Å². The first-order valence-electron chi connectivity index (χ1n) is 12.0. The van der Waals surface area contributed by atoms with Gasteiger partial charge in [-0.25, -0.2) is 4.79 Å². The smallest absolute Gasteiger partial charge is 0.326 e. The highest BCUT2D eigenvalue weighted by Crippen LogP contribution is 2.20. The molecular weight excluding hydrogens is 502 g/mol. The number of thioether (sulfide) groups is 1. The Balaban J connectivity index is 2.08. The van der Waals surface area contributed by atoms with Crippen LogP contribution in [0.1, 0.15) is 37.7 Å². The van der Waals surface area contributed by atoms with Crippen LogP contribution in [0.15, 0.2) is 24.3 Å². The highest BCUT2D eigenvalue weighted by molar-refractivity contribution is 7.98. The zero-order valence-corrected chi connectivity index (χ0v) is 21.5. The molecule has 0 aromatic heterocycles. The predicted molar refractivity (Wildman–Crippen MR) is 137 cm³/mol. The molecule has 37 heavy (non-hydrogen) atoms. The van der Waals surface area contributed by atoms with Crippen LogP contribution in [0.5, 0.6) is 5.75 Å². The first-order chi connectivity index (χ1) is 17.5. The van der Waals surface area contributed by atoms with Gasteiger partial charge in [0, 0.05) is 19.4 Å². The topological polar surface area (TPSA) is 205 Å². The number of carboxylic acid groups (broad SMARTS) is 1. The fraction of sp³-hybridized carbons (Fsp3) is 0.542. The number of hydrogen-bond acceptors (Lipinski definition) is 8. The number of rotatable bonds is 14. The van der Waals surface area contributed by atoms with Crippen LogP contribution < -0.4 is 22.1 Å². The number of benzene rings is 1. The molecule has 1 heterocycles. The second-order valence-corrected chi connectivity index (χ2v) is 9.90. The van der Waals surface area contributed by atoms with Crippen LogP contribution in [0.3, 0.4) is 0 Å². The maximum Gasteiger partial charge on any atom is 0.326 e. The van der Waals surface area contributed by atoms with Crippen molar-refractivity contribution in [2.24, 2.45) is 11.5 Å². The molecule has 0 saturated carbocycles. The number of nitrogens with two attached hydrogens (primary N) is 2. The minimum absolute atomic E-state index is 0.0152. The van der Waals surface area contributed by atoms with E-state index in [0.717, 1.165) is 0 Å². The molecule has 1 aromatic rings. The molecule has 0 bridgehead atoms. The van der Waals surface area contributed by atoms with Crippen LogP contribution in [-0.2, 0) is 30.4 Å². The average Bonchev–Trinajstić information content (AvgIpc) is 3.35. The molecule has 0 spiro atoms. The first-order valence-corrected chi connectivity index (χ1v) is 13.4. The van der Waals surface area contributed by atoms with Gasteiger partial charge < -0.3 is 37.2 Å². The van der Waals surface area contributed by atoms with Crippen molar-refractivity contribution in [1.82, 2.24) is 15.5 Å². The Hall–Kier alpha value is -3.32. The van der Waals surface area contributed by atoms with Crippen molar-refractivity contribution < 1.29 is 34.2 Å². The SMILES string of the molecule is CSCCC(NC(=O)C1CCCN1C(=O)C(N)CCC(N)=O)C(=O)NC(Cc1ccc(O)cc1)C(=O)O. The number of phenols is 1. The van der Waals surface area contributed by atoms with Crippen LogP contribution in [0.25, 0.3) is 0 Å². The Morgan fingerprint density at radius 3 is 2.38 bits per heavy atom. The number of hydrogen-bond donors (Lipinski definition) is 6. The molecule has 4 amide bonds. The quantitative estimate of drug-likeness (QED) is 0.178. The van der Waals surface area contributed by atoms with Crippen LogP contribution in [0.4, 0.5) is 0 Å². The second-order valence-electron chi connectivity index (χ2n) is 8.91. The summed E-state index contributed by atoms with van der Waals surface area (Å²) in [5.41, 5.74) is 11.6. The van der Waals surface area contributed by atoms with Crippen molar-refractivity contribution in [1.29, 1.82) is 0 Å². The lowest BCUT2D eigenvalue weighted by Crippen LogP contribution is -2.57. The second kappa shape index (κ2) is 14.4. The van der Waals surface area contributed by atoms with Crippen LogP contribution >= 0.6 is 11.8 Å². The minimum Gasteiger partial charge on any atom is -0.508 e. The molecule has 13 heteroatoms. The third-order valence-electron chi connectivity index (χ3n) is 6.09. The summed E-state index contributed by atoms with van der Waals surface area (Å²) >= 11 is 1.46. The van der Waals surface area contributed by atoms with Crippen molar-refractivity contribution in [3.05, 3.63) is 29.8 Å². The predicted octanol–water partition coefficient (Wildman–Crippen LogP) is -0.674. The lowest BCUT2D eigenvalue weighted by molar-refractivity contribution is -0.143. The maximum absolute atomic E-state index is 13.1. The van der Waals surface area contributed by atoms with Crippen LogP contribution in [0.2, 0.25) is 0 Å². The lowest BCUT2D eigenvalue weighted by Gasteiger charge is -2.28. The van der Waals surface area contributed by atoms with E-state index in [2.05, 4.69) is 10.6 Å². The van der Waals surface area contributed by atoms with Gasteiger partial charge in [0.05, 0.1) is 6.04 Å². The number of phenolic OH excluding ortho intramolecular Hbond substituents is 1. The molecular formula is C24H35N5O7S. The zero-order valence-electron chi connectivity index (χ0n) is 20.7. The molecule has 8 N–H and O–H groups in total. The summed E-state index contributed by atoms with van der Waals surface area (Å²) in [6, 6.07) is 1.89. The molecule has 1 fully saturated rings. The van der Waals surface area contributed by atoms with Gasteiger partial charge in [0.25, 0.3) is 0 Å². The third-order valence-corrected chi connectivity index (χ3v) is 6.74. The van der Waals surface area contributed by atoms with Crippen LogP contribution in [0, 0.1) is 0 Å². The Kier molecular flexibility index (Phi) is 11.7. The van der Waals surface area contributed by atoms with E-state index in [-0.39, 0.29) is 31.4 Å². The summed E-state index contributed by atoms with van der Waals surface area (Å²) < 4.78 is 0. The van der Waals surface area contributed by atoms with Crippen LogP contribution in [-0.4, -0.2) is 87.4 Å². The fourth-order valence-corrected chi connectivity index (χ4v) is 4.52. The number of aromatic hydroxyl groups is 1. The van der Waals surface area contributed by atoms with Gasteiger partial charge in [0.2, 0.25) is 23.6 Å². The Labute approximate surface area is 219 Å². The van der Waals surface area contributed by atoms with E-state index in [1.165, 1.54) is 28.8 Å². The Morgan fingerprint density at radius 2 is 1.78 bits per heavy atom. The number of nitrogens with one attached hydrogen (secondary N) is 2. The minimum atomic E-state index is -1.25. The highest BCUT2D eigenvalue weighted by atomic mass is 32.2. The summed E-state index contributed by atoms with van der Waals surface area (Å²) in [5, 5.41) is 24.2. The molecule has 2 rings (SSSR count). The summed E-state index contributed by atoms with van der Waals surface area (Å²) in [5.74, 6) is -2.90. The number of aliphatic carboxylic acids is 1. The van der Waals surface area contributed by atoms with Crippen molar-refractivity contribution in [2.45, 2.75) is 62.7 Å². The van der Waals surface area contributed by atoms with Gasteiger partial charge in [0.1, 0.15) is 23.9 Å². The largest absolute Gasteiger partial charge is 0.508 e. The molecule has 204 valence electrons. The van der Waals surface area contributed by atoms with E-state index in [0.29, 0.717) is 30.7 Å². The molecule has 0 aliphatic carbocycles. The van der Waals surface area contributed by atoms with Gasteiger partial charge in [-0.05, 0) is 55.4 Å². The molecule has 1 saturated heterocycles. The van der Waals surface area contributed by atoms with Crippen molar-refractivity contribution in [3.8, 4) is 5.75 Å². The third kappa shape index (κ3) is 9.25. The highest BCUT2D eigenvalue weighted by Gasteiger charge is 2.37. The summed E-state index contributed by atoms with van der Waals surface area (Å²) in [6.07, 6.45) is 3.05. The molecule has 12 nitrogen and oxygen atoms in total. The standard InChI is InChI=1S/C24H35N5O7S/c1-37-12-10-17(21(32)28-18(24(35)36)13-14-4-6-15(30)7-5-14)27-22(33)19-3-2-11-29(19)23(34)16(25)8-9-20(26)31/h4-7,16-19,30H,2-3,8-13,25H2,1H3,(H2,26,31)(H,27,33)(H,28,32)(H,35,36). The van der Waals surface area contributed by atoms with Crippen molar-refractivity contribution in [2.75, 3.05) is 18.6 Å². The number of carboxylic acids is 1. The summed E-state index contributed by atoms with van der Waals surface area (Å²) in [6.45, 7) is 0.316.